The van der Waals surface area contributed by atoms with Gasteiger partial charge in [0.05, 0.1) is 0 Å². The van der Waals surface area contributed by atoms with E-state index >= 15 is 0 Å². The zero-order valence-electron chi connectivity index (χ0n) is 10.0. The molecule has 0 radical (unpaired) electrons. The summed E-state index contributed by atoms with van der Waals surface area (Å²) in [7, 11) is 0. The van der Waals surface area contributed by atoms with Crippen molar-refractivity contribution in [1.82, 2.24) is 9.97 Å². The molecule has 0 saturated heterocycles. The van der Waals surface area contributed by atoms with E-state index in [9.17, 15) is 5.26 Å². The number of hydrogen-bond acceptors (Lipinski definition) is 5. The summed E-state index contributed by atoms with van der Waals surface area (Å²) in [6.45, 7) is 1.84. The number of aryl methyl sites for hydroxylation is 1. The van der Waals surface area contributed by atoms with Crippen LogP contribution in [0.4, 0.5) is 0 Å². The Bertz CT molecular complexity index is 591. The van der Waals surface area contributed by atoms with Crippen LogP contribution < -0.4 is 0 Å². The molecule has 1 aromatic heterocycles. The van der Waals surface area contributed by atoms with Crippen molar-refractivity contribution >= 4 is 23.5 Å². The molecule has 90 valence electrons. The maximum absolute atomic E-state index is 9.24. The molecule has 0 aliphatic carbocycles. The molecule has 0 unspecified atom stereocenters. The van der Waals surface area contributed by atoms with E-state index in [1.807, 2.05) is 43.5 Å². The number of benzene rings is 1. The Morgan fingerprint density at radius 3 is 2.39 bits per heavy atom. The summed E-state index contributed by atoms with van der Waals surface area (Å²) < 4.78 is 0. The van der Waals surface area contributed by atoms with Crippen LogP contribution in [0.2, 0.25) is 0 Å². The number of rotatable bonds is 3. The lowest BCUT2D eigenvalue weighted by atomic mass is 10.4. The molecule has 2 rings (SSSR count). The highest BCUT2D eigenvalue weighted by Gasteiger charge is 2.13. The van der Waals surface area contributed by atoms with Crippen molar-refractivity contribution in [3.8, 4) is 6.07 Å². The fraction of sp³-hybridized carbons (Fsp3) is 0.154. The van der Waals surface area contributed by atoms with Gasteiger partial charge in [-0.3, -0.25) is 0 Å². The SMILES string of the molecule is CSc1nc(C)nc(Sc2ccccc2)c1C#N. The number of hydrogen-bond donors (Lipinski definition) is 0. The summed E-state index contributed by atoms with van der Waals surface area (Å²) in [6, 6.07) is 12.1. The second kappa shape index (κ2) is 5.89. The van der Waals surface area contributed by atoms with Crippen molar-refractivity contribution in [1.29, 1.82) is 5.26 Å². The Morgan fingerprint density at radius 1 is 1.11 bits per heavy atom. The van der Waals surface area contributed by atoms with Gasteiger partial charge in [0.25, 0.3) is 0 Å². The van der Waals surface area contributed by atoms with Gasteiger partial charge < -0.3 is 0 Å². The number of aromatic nitrogens is 2. The Kier molecular flexibility index (Phi) is 4.24. The highest BCUT2D eigenvalue weighted by molar-refractivity contribution is 7.99. The van der Waals surface area contributed by atoms with Crippen LogP contribution in [-0.4, -0.2) is 16.2 Å². The van der Waals surface area contributed by atoms with E-state index in [4.69, 9.17) is 0 Å². The molecule has 0 N–H and O–H groups in total. The Hall–Kier alpha value is -1.51. The molecular formula is C13H11N3S2. The first-order chi connectivity index (χ1) is 8.74. The highest BCUT2D eigenvalue weighted by atomic mass is 32.2. The van der Waals surface area contributed by atoms with Gasteiger partial charge in [-0.25, -0.2) is 9.97 Å². The van der Waals surface area contributed by atoms with Crippen molar-refractivity contribution in [2.45, 2.75) is 21.9 Å². The first-order valence-corrected chi connectivity index (χ1v) is 7.34. The van der Waals surface area contributed by atoms with Crippen molar-refractivity contribution in [3.63, 3.8) is 0 Å². The van der Waals surface area contributed by atoms with Crippen molar-refractivity contribution in [2.75, 3.05) is 6.26 Å². The summed E-state index contributed by atoms with van der Waals surface area (Å²) in [4.78, 5) is 9.71. The van der Waals surface area contributed by atoms with Gasteiger partial charge in [-0.15, -0.1) is 11.8 Å². The van der Waals surface area contributed by atoms with E-state index < -0.39 is 0 Å². The molecular weight excluding hydrogens is 262 g/mol. The zero-order chi connectivity index (χ0) is 13.0. The van der Waals surface area contributed by atoms with Gasteiger partial charge in [-0.1, -0.05) is 30.0 Å². The normalized spacial score (nSPS) is 10.1. The molecule has 0 amide bonds. The van der Waals surface area contributed by atoms with Crippen LogP contribution in [0.25, 0.3) is 0 Å². The van der Waals surface area contributed by atoms with Gasteiger partial charge in [0.1, 0.15) is 27.5 Å². The predicted octanol–water partition coefficient (Wildman–Crippen LogP) is 3.53. The monoisotopic (exact) mass is 273 g/mol. The van der Waals surface area contributed by atoms with E-state index in [0.29, 0.717) is 11.4 Å². The molecule has 0 aliphatic rings. The fourth-order valence-electron chi connectivity index (χ4n) is 1.44. The van der Waals surface area contributed by atoms with Crippen LogP contribution in [-0.2, 0) is 0 Å². The minimum atomic E-state index is 0.557. The van der Waals surface area contributed by atoms with Gasteiger partial charge in [-0.2, -0.15) is 5.26 Å². The van der Waals surface area contributed by atoms with Gasteiger partial charge in [0, 0.05) is 4.90 Å². The van der Waals surface area contributed by atoms with Gasteiger partial charge in [-0.05, 0) is 25.3 Å². The van der Waals surface area contributed by atoms with Crippen LogP contribution in [0, 0.1) is 18.3 Å². The molecule has 0 saturated carbocycles. The molecule has 18 heavy (non-hydrogen) atoms. The Labute approximate surface area is 115 Å². The van der Waals surface area contributed by atoms with Crippen LogP contribution in [0.3, 0.4) is 0 Å². The van der Waals surface area contributed by atoms with Crippen LogP contribution in [0.1, 0.15) is 11.4 Å². The second-order valence-corrected chi connectivity index (χ2v) is 5.34. The minimum Gasteiger partial charge on any atom is -0.225 e. The van der Waals surface area contributed by atoms with Crippen LogP contribution >= 0.6 is 23.5 Å². The third-order valence-electron chi connectivity index (χ3n) is 2.22. The smallest absolute Gasteiger partial charge is 0.127 e. The fourth-order valence-corrected chi connectivity index (χ4v) is 3.01. The van der Waals surface area contributed by atoms with E-state index in [1.165, 1.54) is 23.5 Å². The lowest BCUT2D eigenvalue weighted by molar-refractivity contribution is 0.885. The van der Waals surface area contributed by atoms with E-state index in [1.54, 1.807) is 0 Å². The number of nitrogens with zero attached hydrogens (tertiary/aromatic N) is 3. The molecule has 0 aliphatic heterocycles. The van der Waals surface area contributed by atoms with Gasteiger partial charge >= 0.3 is 0 Å². The summed E-state index contributed by atoms with van der Waals surface area (Å²) >= 11 is 2.97. The third-order valence-corrected chi connectivity index (χ3v) is 3.90. The highest BCUT2D eigenvalue weighted by Crippen LogP contribution is 2.31. The molecule has 1 heterocycles. The second-order valence-electron chi connectivity index (χ2n) is 3.49. The van der Waals surface area contributed by atoms with Crippen molar-refractivity contribution < 1.29 is 0 Å². The topological polar surface area (TPSA) is 49.6 Å². The maximum Gasteiger partial charge on any atom is 0.127 e. The maximum atomic E-state index is 9.24. The Morgan fingerprint density at radius 2 is 1.78 bits per heavy atom. The average molecular weight is 273 g/mol. The summed E-state index contributed by atoms with van der Waals surface area (Å²) in [5.74, 6) is 0.691. The predicted molar refractivity (Wildman–Crippen MR) is 73.8 cm³/mol. The average Bonchev–Trinajstić information content (AvgIpc) is 2.39. The summed E-state index contributed by atoms with van der Waals surface area (Å²) in [5, 5.41) is 10.7. The van der Waals surface area contributed by atoms with E-state index in [2.05, 4.69) is 16.0 Å². The third kappa shape index (κ3) is 2.84. The lowest BCUT2D eigenvalue weighted by Gasteiger charge is -2.07. The van der Waals surface area contributed by atoms with E-state index in [0.717, 1.165) is 14.9 Å². The van der Waals surface area contributed by atoms with Crippen LogP contribution in [0.5, 0.6) is 0 Å². The lowest BCUT2D eigenvalue weighted by Crippen LogP contribution is -1.97. The first-order valence-electron chi connectivity index (χ1n) is 5.30. The van der Waals surface area contributed by atoms with Gasteiger partial charge in [0.15, 0.2) is 0 Å². The zero-order valence-corrected chi connectivity index (χ0v) is 11.7. The van der Waals surface area contributed by atoms with Gasteiger partial charge in [0.2, 0.25) is 0 Å². The quantitative estimate of drug-likeness (QED) is 0.632. The molecule has 0 bridgehead atoms. The number of thioether (sulfide) groups is 1. The standard InChI is InChI=1S/C13H11N3S2/c1-9-15-12(17-2)11(8-14)13(16-9)18-10-6-4-3-5-7-10/h3-7H,1-2H3. The minimum absolute atomic E-state index is 0.557. The van der Waals surface area contributed by atoms with Crippen molar-refractivity contribution in [3.05, 3.63) is 41.7 Å². The molecule has 3 nitrogen and oxygen atoms in total. The summed E-state index contributed by atoms with van der Waals surface area (Å²) in [6.07, 6.45) is 1.92. The first kappa shape index (κ1) is 12.9. The Balaban J connectivity index is 2.44. The summed E-state index contributed by atoms with van der Waals surface area (Å²) in [5.41, 5.74) is 0.557. The molecule has 2 aromatic rings. The largest absolute Gasteiger partial charge is 0.225 e. The van der Waals surface area contributed by atoms with E-state index in [-0.39, 0.29) is 0 Å². The number of nitriles is 1. The molecule has 1 aromatic carbocycles. The van der Waals surface area contributed by atoms with Crippen LogP contribution in [0.15, 0.2) is 45.3 Å². The molecule has 0 spiro atoms. The molecule has 5 heteroatoms. The van der Waals surface area contributed by atoms with Crippen molar-refractivity contribution in [2.24, 2.45) is 0 Å². The molecule has 0 atom stereocenters. The molecule has 0 fully saturated rings.